The molecule has 1 aromatic rings. The molecule has 1 aliphatic rings. The van der Waals surface area contributed by atoms with Crippen LogP contribution in [0.15, 0.2) is 35.3 Å². The summed E-state index contributed by atoms with van der Waals surface area (Å²) >= 11 is 0. The average molecular weight is 289 g/mol. The number of aliphatic hydroxyl groups excluding tert-OH is 1. The van der Waals surface area contributed by atoms with Gasteiger partial charge < -0.3 is 15.7 Å². The van der Waals surface area contributed by atoms with Gasteiger partial charge in [0.2, 0.25) is 0 Å². The second kappa shape index (κ2) is 6.48. The van der Waals surface area contributed by atoms with Crippen LogP contribution >= 0.6 is 0 Å². The number of aliphatic hydroxyl groups is 1. The number of hydrogen-bond acceptors (Lipinski definition) is 4. The molecule has 2 atom stereocenters. The van der Waals surface area contributed by atoms with Crippen LogP contribution in [-0.2, 0) is 6.42 Å². The Morgan fingerprint density at radius 1 is 1.33 bits per heavy atom. The lowest BCUT2D eigenvalue weighted by Gasteiger charge is -2.32. The van der Waals surface area contributed by atoms with Gasteiger partial charge in [-0.1, -0.05) is 44.2 Å². The van der Waals surface area contributed by atoms with Crippen LogP contribution in [0.1, 0.15) is 39.2 Å². The van der Waals surface area contributed by atoms with E-state index in [9.17, 15) is 5.11 Å². The van der Waals surface area contributed by atoms with E-state index in [0.29, 0.717) is 11.9 Å². The van der Waals surface area contributed by atoms with Crippen LogP contribution in [0.3, 0.4) is 0 Å². The third-order valence-electron chi connectivity index (χ3n) is 4.04. The van der Waals surface area contributed by atoms with Gasteiger partial charge in [0.05, 0.1) is 0 Å². The largest absolute Gasteiger partial charge is 0.371 e. The Morgan fingerprint density at radius 3 is 2.62 bits per heavy atom. The van der Waals surface area contributed by atoms with E-state index in [1.54, 1.807) is 0 Å². The Balaban J connectivity index is 1.91. The number of aliphatic imine (C=N–C) groups is 1. The number of rotatable bonds is 6. The van der Waals surface area contributed by atoms with Gasteiger partial charge in [-0.3, -0.25) is 0 Å². The van der Waals surface area contributed by atoms with Crippen LogP contribution in [0.5, 0.6) is 0 Å². The van der Waals surface area contributed by atoms with E-state index in [0.717, 1.165) is 25.8 Å². The van der Waals surface area contributed by atoms with Crippen molar-refractivity contribution >= 4 is 5.96 Å². The van der Waals surface area contributed by atoms with Crippen molar-refractivity contribution in [3.63, 3.8) is 0 Å². The van der Waals surface area contributed by atoms with E-state index in [2.05, 4.69) is 43.1 Å². The quantitative estimate of drug-likeness (QED) is 0.845. The molecule has 4 heteroatoms. The molecule has 116 valence electrons. The van der Waals surface area contributed by atoms with Gasteiger partial charge in [-0.2, -0.15) is 0 Å². The van der Waals surface area contributed by atoms with Gasteiger partial charge in [-0.15, -0.1) is 0 Å². The first-order chi connectivity index (χ1) is 9.92. The number of nitrogens with two attached hydrogens (primary N) is 1. The van der Waals surface area contributed by atoms with Crippen LogP contribution in [0.2, 0.25) is 0 Å². The Morgan fingerprint density at radius 2 is 2.00 bits per heavy atom. The van der Waals surface area contributed by atoms with Crippen molar-refractivity contribution in [3.8, 4) is 0 Å². The summed E-state index contributed by atoms with van der Waals surface area (Å²) in [4.78, 5) is 6.36. The van der Waals surface area contributed by atoms with Crippen LogP contribution in [0.4, 0.5) is 0 Å². The first-order valence-electron chi connectivity index (χ1n) is 7.76. The molecule has 1 heterocycles. The zero-order valence-corrected chi connectivity index (χ0v) is 13.3. The van der Waals surface area contributed by atoms with Crippen LogP contribution in [0.25, 0.3) is 0 Å². The second-order valence-corrected chi connectivity index (χ2v) is 6.58. The Hall–Kier alpha value is -1.55. The van der Waals surface area contributed by atoms with E-state index in [1.807, 2.05) is 17.9 Å². The fraction of sp³-hybridized carbons (Fsp3) is 0.588. The number of guanidine groups is 1. The molecule has 3 N–H and O–H groups in total. The molecule has 0 amide bonds. The van der Waals surface area contributed by atoms with Gasteiger partial charge in [-0.25, -0.2) is 4.99 Å². The predicted molar refractivity (Wildman–Crippen MR) is 87.0 cm³/mol. The molecular weight excluding hydrogens is 262 g/mol. The number of benzene rings is 1. The van der Waals surface area contributed by atoms with E-state index in [4.69, 9.17) is 5.73 Å². The summed E-state index contributed by atoms with van der Waals surface area (Å²) in [6.45, 7) is 7.00. The third kappa shape index (κ3) is 3.76. The van der Waals surface area contributed by atoms with Gasteiger partial charge in [0.15, 0.2) is 12.2 Å². The topological polar surface area (TPSA) is 61.8 Å². The zero-order valence-electron chi connectivity index (χ0n) is 13.3. The fourth-order valence-corrected chi connectivity index (χ4v) is 3.16. The van der Waals surface area contributed by atoms with Gasteiger partial charge in [-0.05, 0) is 37.7 Å². The number of hydrogen-bond donors (Lipinski definition) is 2. The summed E-state index contributed by atoms with van der Waals surface area (Å²) in [5.74, 6) is 0.948. The molecular formula is C17H27N3O. The van der Waals surface area contributed by atoms with Crippen molar-refractivity contribution in [1.29, 1.82) is 0 Å². The molecule has 0 fully saturated rings. The molecule has 0 aromatic heterocycles. The SMILES string of the molecule is CC(C)CC1(C)N=C(N)N(CCCc2ccccc2)C1O. The normalized spacial score (nSPS) is 25.5. The van der Waals surface area contributed by atoms with Crippen molar-refractivity contribution in [3.05, 3.63) is 35.9 Å². The van der Waals surface area contributed by atoms with Gasteiger partial charge in [0.25, 0.3) is 0 Å². The highest BCUT2D eigenvalue weighted by atomic mass is 16.3. The predicted octanol–water partition coefficient (Wildman–Crippen LogP) is 2.37. The average Bonchev–Trinajstić information content (AvgIpc) is 2.62. The Bertz CT molecular complexity index is 486. The minimum absolute atomic E-state index is 0.471. The summed E-state index contributed by atoms with van der Waals surface area (Å²) < 4.78 is 0. The highest BCUT2D eigenvalue weighted by molar-refractivity contribution is 5.81. The van der Waals surface area contributed by atoms with Crippen molar-refractivity contribution in [2.75, 3.05) is 6.54 Å². The fourth-order valence-electron chi connectivity index (χ4n) is 3.16. The van der Waals surface area contributed by atoms with E-state index in [-0.39, 0.29) is 0 Å². The maximum absolute atomic E-state index is 10.6. The highest BCUT2D eigenvalue weighted by Crippen LogP contribution is 2.31. The summed E-state index contributed by atoms with van der Waals surface area (Å²) in [5.41, 5.74) is 6.85. The van der Waals surface area contributed by atoms with Crippen molar-refractivity contribution in [2.24, 2.45) is 16.6 Å². The zero-order chi connectivity index (χ0) is 15.5. The molecule has 0 radical (unpaired) electrons. The summed E-state index contributed by atoms with van der Waals surface area (Å²) in [6.07, 6.45) is 2.16. The summed E-state index contributed by atoms with van der Waals surface area (Å²) in [5, 5.41) is 10.6. The summed E-state index contributed by atoms with van der Waals surface area (Å²) in [6, 6.07) is 10.4. The lowest BCUT2D eigenvalue weighted by atomic mass is 9.90. The maximum Gasteiger partial charge on any atom is 0.194 e. The molecule has 21 heavy (non-hydrogen) atoms. The molecule has 0 aliphatic carbocycles. The van der Waals surface area contributed by atoms with Crippen molar-refractivity contribution in [2.45, 2.75) is 51.8 Å². The monoisotopic (exact) mass is 289 g/mol. The maximum atomic E-state index is 10.6. The lowest BCUT2D eigenvalue weighted by molar-refractivity contribution is 0.00355. The van der Waals surface area contributed by atoms with Crippen molar-refractivity contribution < 1.29 is 5.11 Å². The standard InChI is InChI=1S/C17H27N3O/c1-13(2)12-17(3)15(21)20(16(18)19-17)11-7-10-14-8-5-4-6-9-14/h4-6,8-9,13,15,21H,7,10-12H2,1-3H3,(H2,18,19). The van der Waals surface area contributed by atoms with Gasteiger partial charge >= 0.3 is 0 Å². The first-order valence-corrected chi connectivity index (χ1v) is 7.76. The summed E-state index contributed by atoms with van der Waals surface area (Å²) in [7, 11) is 0. The molecule has 4 nitrogen and oxygen atoms in total. The molecule has 0 saturated carbocycles. The molecule has 0 spiro atoms. The minimum atomic E-state index is -0.615. The highest BCUT2D eigenvalue weighted by Gasteiger charge is 2.43. The van der Waals surface area contributed by atoms with E-state index >= 15 is 0 Å². The van der Waals surface area contributed by atoms with Gasteiger partial charge in [0.1, 0.15) is 5.54 Å². The molecule has 2 unspecified atom stereocenters. The van der Waals surface area contributed by atoms with E-state index < -0.39 is 11.8 Å². The molecule has 2 rings (SSSR count). The Labute approximate surface area is 127 Å². The molecule has 1 aliphatic heterocycles. The number of nitrogens with zero attached hydrogens (tertiary/aromatic N) is 2. The van der Waals surface area contributed by atoms with E-state index in [1.165, 1.54) is 5.56 Å². The second-order valence-electron chi connectivity index (χ2n) is 6.58. The smallest absolute Gasteiger partial charge is 0.194 e. The van der Waals surface area contributed by atoms with Gasteiger partial charge in [0, 0.05) is 6.54 Å². The van der Waals surface area contributed by atoms with Crippen LogP contribution < -0.4 is 5.73 Å². The molecule has 1 aromatic carbocycles. The minimum Gasteiger partial charge on any atom is -0.371 e. The number of aryl methyl sites for hydroxylation is 1. The van der Waals surface area contributed by atoms with Crippen LogP contribution in [-0.4, -0.2) is 34.3 Å². The first kappa shape index (κ1) is 15.8. The Kier molecular flexibility index (Phi) is 4.88. The van der Waals surface area contributed by atoms with Crippen molar-refractivity contribution in [1.82, 2.24) is 4.90 Å². The van der Waals surface area contributed by atoms with Crippen LogP contribution in [0, 0.1) is 5.92 Å². The molecule has 0 saturated heterocycles. The lowest BCUT2D eigenvalue weighted by Crippen LogP contribution is -2.47. The third-order valence-corrected chi connectivity index (χ3v) is 4.04. The molecule has 0 bridgehead atoms.